The van der Waals surface area contributed by atoms with Gasteiger partial charge < -0.3 is 5.11 Å². The molecule has 3 saturated carbocycles. The summed E-state index contributed by atoms with van der Waals surface area (Å²) in [4.78, 5) is 0. The van der Waals surface area contributed by atoms with E-state index >= 15 is 0 Å². The summed E-state index contributed by atoms with van der Waals surface area (Å²) in [5, 5.41) is 10.5. The Hall–Kier alpha value is -0.560. The van der Waals surface area contributed by atoms with Crippen LogP contribution < -0.4 is 0 Å². The van der Waals surface area contributed by atoms with Crippen LogP contribution in [0.25, 0.3) is 0 Å². The molecule has 1 nitrogen and oxygen atoms in total. The Balaban J connectivity index is 1.58. The zero-order chi connectivity index (χ0) is 22.8. The second-order valence-corrected chi connectivity index (χ2v) is 13.2. The van der Waals surface area contributed by atoms with Gasteiger partial charge in [0.1, 0.15) is 0 Å². The average molecular weight is 427 g/mol. The molecule has 0 aromatic rings. The van der Waals surface area contributed by atoms with E-state index in [0.717, 1.165) is 30.1 Å². The highest BCUT2D eigenvalue weighted by atomic mass is 16.3. The molecule has 4 aliphatic rings. The van der Waals surface area contributed by atoms with Gasteiger partial charge in [0.25, 0.3) is 0 Å². The molecular formula is C30H50O. The topological polar surface area (TPSA) is 20.2 Å². The van der Waals surface area contributed by atoms with Crippen molar-refractivity contribution in [2.45, 2.75) is 119 Å². The second kappa shape index (κ2) is 8.03. The van der Waals surface area contributed by atoms with Gasteiger partial charge in [-0.05, 0) is 118 Å². The first-order valence-electron chi connectivity index (χ1n) is 13.5. The van der Waals surface area contributed by atoms with Crippen LogP contribution in [0.2, 0.25) is 0 Å². The van der Waals surface area contributed by atoms with Gasteiger partial charge in [0.15, 0.2) is 0 Å². The Morgan fingerprint density at radius 1 is 1.00 bits per heavy atom. The van der Waals surface area contributed by atoms with Gasteiger partial charge in [-0.2, -0.15) is 0 Å². The first-order chi connectivity index (χ1) is 14.5. The number of fused-ring (bicyclic) bond motifs is 5. The standard InChI is InChI=1S/C30H50O/c1-19(2)20(3)9-10-21(4)23-13-17-30(8)26-12-11-24-22(5)27(31)15-16-28(24,6)25(26)14-18-29(23,30)7/h11,21-23,25-27,31H,9-10,12-18H2,1-8H3/t21-,22+,23-,25+,26-,27+,28+,29-,30+/m1/s1. The molecule has 9 atom stereocenters. The van der Waals surface area contributed by atoms with Gasteiger partial charge in [-0.25, -0.2) is 0 Å². The summed E-state index contributed by atoms with van der Waals surface area (Å²) in [6, 6.07) is 0. The van der Waals surface area contributed by atoms with E-state index < -0.39 is 0 Å². The van der Waals surface area contributed by atoms with Crippen LogP contribution >= 0.6 is 0 Å². The van der Waals surface area contributed by atoms with Crippen molar-refractivity contribution in [3.8, 4) is 0 Å². The van der Waals surface area contributed by atoms with E-state index in [4.69, 9.17) is 0 Å². The molecule has 176 valence electrons. The molecule has 0 saturated heterocycles. The van der Waals surface area contributed by atoms with E-state index in [-0.39, 0.29) is 6.10 Å². The molecule has 4 rings (SSSR count). The maximum atomic E-state index is 10.5. The van der Waals surface area contributed by atoms with Crippen molar-refractivity contribution >= 4 is 0 Å². The van der Waals surface area contributed by atoms with Crippen LogP contribution in [0.4, 0.5) is 0 Å². The molecule has 0 amide bonds. The molecule has 0 radical (unpaired) electrons. The first kappa shape index (κ1) is 23.6. The van der Waals surface area contributed by atoms with Crippen molar-refractivity contribution in [2.24, 2.45) is 45.8 Å². The molecule has 0 aromatic heterocycles. The van der Waals surface area contributed by atoms with Crippen molar-refractivity contribution in [3.63, 3.8) is 0 Å². The Kier molecular flexibility index (Phi) is 6.11. The monoisotopic (exact) mass is 426 g/mol. The fourth-order valence-electron chi connectivity index (χ4n) is 9.30. The number of hydrogen-bond donors (Lipinski definition) is 1. The van der Waals surface area contributed by atoms with Crippen LogP contribution in [0.1, 0.15) is 113 Å². The lowest BCUT2D eigenvalue weighted by molar-refractivity contribution is -0.117. The molecule has 3 fully saturated rings. The third kappa shape index (κ3) is 3.43. The maximum absolute atomic E-state index is 10.5. The van der Waals surface area contributed by atoms with Gasteiger partial charge in [-0.1, -0.05) is 57.4 Å². The summed E-state index contributed by atoms with van der Waals surface area (Å²) in [6.45, 7) is 19.7. The highest BCUT2D eigenvalue weighted by Gasteiger charge is 2.65. The predicted molar refractivity (Wildman–Crippen MR) is 133 cm³/mol. The fourth-order valence-corrected chi connectivity index (χ4v) is 9.30. The molecule has 1 heteroatoms. The van der Waals surface area contributed by atoms with Crippen molar-refractivity contribution < 1.29 is 5.11 Å². The highest BCUT2D eigenvalue weighted by molar-refractivity contribution is 5.28. The van der Waals surface area contributed by atoms with Crippen LogP contribution in [0.5, 0.6) is 0 Å². The molecular weight excluding hydrogens is 376 g/mol. The number of aliphatic hydroxyl groups is 1. The average Bonchev–Trinajstić information content (AvgIpc) is 3.00. The predicted octanol–water partition coefficient (Wildman–Crippen LogP) is 8.34. The van der Waals surface area contributed by atoms with Crippen molar-refractivity contribution in [2.75, 3.05) is 0 Å². The van der Waals surface area contributed by atoms with Crippen LogP contribution in [-0.4, -0.2) is 11.2 Å². The minimum atomic E-state index is -0.124. The minimum absolute atomic E-state index is 0.124. The van der Waals surface area contributed by atoms with E-state index in [9.17, 15) is 5.11 Å². The zero-order valence-corrected chi connectivity index (χ0v) is 21.9. The Bertz CT molecular complexity index is 756. The van der Waals surface area contributed by atoms with Gasteiger partial charge in [-0.3, -0.25) is 0 Å². The smallest absolute Gasteiger partial charge is 0.0603 e. The molecule has 4 aliphatic carbocycles. The van der Waals surface area contributed by atoms with Crippen LogP contribution in [0, 0.1) is 45.8 Å². The van der Waals surface area contributed by atoms with Crippen molar-refractivity contribution in [1.29, 1.82) is 0 Å². The molecule has 0 unspecified atom stereocenters. The largest absolute Gasteiger partial charge is 0.393 e. The third-order valence-electron chi connectivity index (χ3n) is 12.0. The molecule has 0 spiro atoms. The van der Waals surface area contributed by atoms with Gasteiger partial charge in [0.05, 0.1) is 6.10 Å². The highest BCUT2D eigenvalue weighted by Crippen LogP contribution is 2.73. The van der Waals surface area contributed by atoms with E-state index in [0.29, 0.717) is 22.2 Å². The normalized spacial score (nSPS) is 47.6. The molecule has 31 heavy (non-hydrogen) atoms. The van der Waals surface area contributed by atoms with Gasteiger partial charge in [0.2, 0.25) is 0 Å². The summed E-state index contributed by atoms with van der Waals surface area (Å²) in [7, 11) is 0. The molecule has 0 aromatic carbocycles. The SMILES string of the molecule is CC(C)=C(C)CC[C@@H](C)[C@H]1CC[C@@]2(C)[C@@H]3CC=C4[C@H](C)[C@@H](O)CC[C@]4(C)[C@H]3CC[C@]12C. The summed E-state index contributed by atoms with van der Waals surface area (Å²) in [5.41, 5.74) is 6.03. The number of hydrogen-bond acceptors (Lipinski definition) is 1. The van der Waals surface area contributed by atoms with Gasteiger partial charge >= 0.3 is 0 Å². The maximum Gasteiger partial charge on any atom is 0.0603 e. The Labute approximate surface area is 193 Å². The summed E-state index contributed by atoms with van der Waals surface area (Å²) in [6.07, 6.45) is 14.3. The van der Waals surface area contributed by atoms with E-state index in [1.807, 2.05) is 0 Å². The Morgan fingerprint density at radius 2 is 1.68 bits per heavy atom. The first-order valence-corrected chi connectivity index (χ1v) is 13.5. The van der Waals surface area contributed by atoms with Crippen LogP contribution in [0.3, 0.4) is 0 Å². The lowest BCUT2D eigenvalue weighted by Crippen LogP contribution is -2.56. The molecule has 0 aliphatic heterocycles. The van der Waals surface area contributed by atoms with Crippen molar-refractivity contribution in [1.82, 2.24) is 0 Å². The Morgan fingerprint density at radius 3 is 2.35 bits per heavy atom. The van der Waals surface area contributed by atoms with Gasteiger partial charge in [-0.15, -0.1) is 0 Å². The number of rotatable bonds is 4. The van der Waals surface area contributed by atoms with E-state index in [2.05, 4.69) is 61.5 Å². The van der Waals surface area contributed by atoms with E-state index in [1.54, 1.807) is 11.1 Å². The fraction of sp³-hybridized carbons (Fsp3) is 0.867. The quantitative estimate of drug-likeness (QED) is 0.448. The number of allylic oxidation sites excluding steroid dienone is 3. The lowest BCUT2D eigenvalue weighted by Gasteiger charge is -2.63. The van der Waals surface area contributed by atoms with Gasteiger partial charge in [0, 0.05) is 5.92 Å². The summed E-state index contributed by atoms with van der Waals surface area (Å²) < 4.78 is 0. The molecule has 0 heterocycles. The number of aliphatic hydroxyl groups excluding tert-OH is 1. The zero-order valence-electron chi connectivity index (χ0n) is 21.9. The molecule has 0 bridgehead atoms. The summed E-state index contributed by atoms with van der Waals surface area (Å²) in [5.74, 6) is 3.72. The molecule has 1 N–H and O–H groups in total. The lowest BCUT2D eigenvalue weighted by atomic mass is 9.41. The van der Waals surface area contributed by atoms with Crippen LogP contribution in [0.15, 0.2) is 22.8 Å². The van der Waals surface area contributed by atoms with E-state index in [1.165, 1.54) is 56.9 Å². The van der Waals surface area contributed by atoms with Crippen molar-refractivity contribution in [3.05, 3.63) is 22.8 Å². The minimum Gasteiger partial charge on any atom is -0.393 e. The van der Waals surface area contributed by atoms with Crippen LogP contribution in [-0.2, 0) is 0 Å². The second-order valence-electron chi connectivity index (χ2n) is 13.2. The summed E-state index contributed by atoms with van der Waals surface area (Å²) >= 11 is 0. The third-order valence-corrected chi connectivity index (χ3v) is 12.0.